The second kappa shape index (κ2) is 5.18. The predicted molar refractivity (Wildman–Crippen MR) is 72.5 cm³/mol. The smallest absolute Gasteiger partial charge is 0.301 e. The van der Waals surface area contributed by atoms with Gasteiger partial charge in [0, 0.05) is 6.54 Å². The zero-order chi connectivity index (χ0) is 16.0. The molecule has 2 aliphatic carbocycles. The van der Waals surface area contributed by atoms with E-state index < -0.39 is 29.5 Å². The first-order valence-corrected chi connectivity index (χ1v) is 7.52. The van der Waals surface area contributed by atoms with E-state index in [1.54, 1.807) is 30.3 Å². The number of hydrogen-bond acceptors (Lipinski definition) is 1. The zero-order valence-corrected chi connectivity index (χ0v) is 12.0. The van der Waals surface area contributed by atoms with Gasteiger partial charge in [-0.15, -0.1) is 0 Å². The minimum Gasteiger partial charge on any atom is -0.301 e. The van der Waals surface area contributed by atoms with E-state index in [2.05, 4.69) is 5.32 Å². The molecule has 0 aromatic heterocycles. The molecule has 0 spiro atoms. The molecule has 0 aliphatic heterocycles. The monoisotopic (exact) mass is 319 g/mol. The SMILES string of the molecule is FC(F)(F)C(F)(F)C(NCc1ccccc1)(C1CC1)C1CC1. The molecule has 1 N–H and O–H groups in total. The zero-order valence-electron chi connectivity index (χ0n) is 12.0. The lowest BCUT2D eigenvalue weighted by Gasteiger charge is -2.43. The average molecular weight is 319 g/mol. The van der Waals surface area contributed by atoms with Crippen LogP contribution in [0.2, 0.25) is 0 Å². The minimum atomic E-state index is -5.53. The molecule has 0 radical (unpaired) electrons. The number of alkyl halides is 5. The van der Waals surface area contributed by atoms with Crippen LogP contribution in [-0.4, -0.2) is 17.6 Å². The highest BCUT2D eigenvalue weighted by atomic mass is 19.4. The van der Waals surface area contributed by atoms with Crippen molar-refractivity contribution >= 4 is 0 Å². The van der Waals surface area contributed by atoms with E-state index in [1.807, 2.05) is 0 Å². The molecule has 3 rings (SSSR count). The van der Waals surface area contributed by atoms with Crippen LogP contribution in [0.25, 0.3) is 0 Å². The summed E-state index contributed by atoms with van der Waals surface area (Å²) in [6.45, 7) is 0.0273. The van der Waals surface area contributed by atoms with Gasteiger partial charge in [-0.25, -0.2) is 0 Å². The Morgan fingerprint density at radius 3 is 1.77 bits per heavy atom. The number of nitrogens with one attached hydrogen (secondary N) is 1. The minimum absolute atomic E-state index is 0.0273. The van der Waals surface area contributed by atoms with Gasteiger partial charge in [0.05, 0.1) is 5.54 Å². The lowest BCUT2D eigenvalue weighted by Crippen LogP contribution is -2.67. The molecule has 1 aromatic rings. The third-order valence-corrected chi connectivity index (χ3v) is 4.75. The Balaban J connectivity index is 1.90. The fraction of sp³-hybridized carbons (Fsp3) is 0.625. The quantitative estimate of drug-likeness (QED) is 0.760. The van der Waals surface area contributed by atoms with Crippen molar-refractivity contribution in [2.45, 2.75) is 49.9 Å². The largest absolute Gasteiger partial charge is 0.455 e. The van der Waals surface area contributed by atoms with Gasteiger partial charge in [0.15, 0.2) is 0 Å². The van der Waals surface area contributed by atoms with Gasteiger partial charge in [-0.05, 0) is 43.1 Å². The highest BCUT2D eigenvalue weighted by Crippen LogP contribution is 2.61. The van der Waals surface area contributed by atoms with Gasteiger partial charge in [-0.3, -0.25) is 0 Å². The van der Waals surface area contributed by atoms with E-state index in [4.69, 9.17) is 0 Å². The van der Waals surface area contributed by atoms with Gasteiger partial charge in [0.2, 0.25) is 0 Å². The van der Waals surface area contributed by atoms with Crippen molar-refractivity contribution in [3.8, 4) is 0 Å². The van der Waals surface area contributed by atoms with Crippen molar-refractivity contribution in [1.29, 1.82) is 0 Å². The van der Waals surface area contributed by atoms with E-state index in [1.165, 1.54) is 0 Å². The number of rotatable bonds is 6. The Bertz CT molecular complexity index is 505. The van der Waals surface area contributed by atoms with Crippen LogP contribution in [0.15, 0.2) is 30.3 Å². The first-order chi connectivity index (χ1) is 10.3. The fourth-order valence-electron chi connectivity index (χ4n) is 3.40. The molecule has 0 atom stereocenters. The second-order valence-electron chi connectivity index (χ2n) is 6.33. The Hall–Kier alpha value is -1.17. The first-order valence-electron chi connectivity index (χ1n) is 7.52. The molecule has 0 amide bonds. The third kappa shape index (κ3) is 2.51. The van der Waals surface area contributed by atoms with Gasteiger partial charge in [0.25, 0.3) is 0 Å². The predicted octanol–water partition coefficient (Wildman–Crippen LogP) is 4.53. The lowest BCUT2D eigenvalue weighted by molar-refractivity contribution is -0.318. The highest BCUT2D eigenvalue weighted by Gasteiger charge is 2.76. The molecule has 0 bridgehead atoms. The van der Waals surface area contributed by atoms with Crippen molar-refractivity contribution in [3.63, 3.8) is 0 Å². The molecule has 0 saturated heterocycles. The van der Waals surface area contributed by atoms with Gasteiger partial charge >= 0.3 is 12.1 Å². The van der Waals surface area contributed by atoms with Crippen molar-refractivity contribution in [1.82, 2.24) is 5.32 Å². The third-order valence-electron chi connectivity index (χ3n) is 4.75. The highest BCUT2D eigenvalue weighted by molar-refractivity contribution is 5.21. The van der Waals surface area contributed by atoms with Crippen LogP contribution in [-0.2, 0) is 6.54 Å². The summed E-state index contributed by atoms with van der Waals surface area (Å²) in [6, 6.07) is 8.72. The first kappa shape index (κ1) is 15.7. The Kier molecular flexibility index (Phi) is 3.70. The second-order valence-corrected chi connectivity index (χ2v) is 6.33. The van der Waals surface area contributed by atoms with E-state index in [0.717, 1.165) is 0 Å². The van der Waals surface area contributed by atoms with E-state index in [0.29, 0.717) is 31.2 Å². The molecule has 2 saturated carbocycles. The van der Waals surface area contributed by atoms with Crippen molar-refractivity contribution in [2.24, 2.45) is 11.8 Å². The molecule has 0 heterocycles. The molecule has 2 aliphatic rings. The molecular formula is C16H18F5N. The Labute approximate surface area is 125 Å². The van der Waals surface area contributed by atoms with Crippen LogP contribution in [0.5, 0.6) is 0 Å². The van der Waals surface area contributed by atoms with Crippen LogP contribution in [0, 0.1) is 11.8 Å². The summed E-state index contributed by atoms with van der Waals surface area (Å²) in [7, 11) is 0. The van der Waals surface area contributed by atoms with Crippen LogP contribution in [0.3, 0.4) is 0 Å². The topological polar surface area (TPSA) is 12.0 Å². The van der Waals surface area contributed by atoms with E-state index in [-0.39, 0.29) is 6.54 Å². The molecule has 1 aromatic carbocycles. The Morgan fingerprint density at radius 1 is 0.864 bits per heavy atom. The molecule has 2 fully saturated rings. The van der Waals surface area contributed by atoms with Crippen molar-refractivity contribution in [3.05, 3.63) is 35.9 Å². The summed E-state index contributed by atoms with van der Waals surface area (Å²) < 4.78 is 67.8. The van der Waals surface area contributed by atoms with E-state index >= 15 is 0 Å². The summed E-state index contributed by atoms with van der Waals surface area (Å²) in [5, 5.41) is 2.65. The van der Waals surface area contributed by atoms with Crippen molar-refractivity contribution < 1.29 is 22.0 Å². The Morgan fingerprint density at radius 2 is 1.36 bits per heavy atom. The van der Waals surface area contributed by atoms with Crippen LogP contribution in [0.4, 0.5) is 22.0 Å². The average Bonchev–Trinajstić information content (AvgIpc) is 3.32. The maximum atomic E-state index is 14.3. The maximum Gasteiger partial charge on any atom is 0.455 e. The maximum absolute atomic E-state index is 14.3. The summed E-state index contributed by atoms with van der Waals surface area (Å²) in [5.41, 5.74) is -1.44. The van der Waals surface area contributed by atoms with Gasteiger partial charge in [-0.1, -0.05) is 30.3 Å². The molecule has 6 heteroatoms. The molecule has 1 nitrogen and oxygen atoms in total. The van der Waals surface area contributed by atoms with Gasteiger partial charge < -0.3 is 5.32 Å². The van der Waals surface area contributed by atoms with Gasteiger partial charge in [0.1, 0.15) is 0 Å². The molecular weight excluding hydrogens is 301 g/mol. The molecule has 122 valence electrons. The molecule has 0 unspecified atom stereocenters. The number of halogens is 5. The summed E-state index contributed by atoms with van der Waals surface area (Å²) in [5.74, 6) is -5.91. The van der Waals surface area contributed by atoms with Crippen LogP contribution < -0.4 is 5.32 Å². The van der Waals surface area contributed by atoms with Gasteiger partial charge in [-0.2, -0.15) is 22.0 Å². The normalized spacial score (nSPS) is 20.2. The number of benzene rings is 1. The van der Waals surface area contributed by atoms with Crippen LogP contribution >= 0.6 is 0 Å². The summed E-state index contributed by atoms with van der Waals surface area (Å²) in [4.78, 5) is 0. The van der Waals surface area contributed by atoms with Crippen LogP contribution in [0.1, 0.15) is 31.2 Å². The standard InChI is InChI=1S/C16H18F5N/c17-15(18,16(19,20)21)14(12-6-7-12,13-8-9-13)22-10-11-4-2-1-3-5-11/h1-5,12-13,22H,6-10H2. The summed E-state index contributed by atoms with van der Waals surface area (Å²) >= 11 is 0. The van der Waals surface area contributed by atoms with Crippen molar-refractivity contribution in [2.75, 3.05) is 0 Å². The van der Waals surface area contributed by atoms with E-state index in [9.17, 15) is 22.0 Å². The summed E-state index contributed by atoms with van der Waals surface area (Å²) in [6.07, 6.45) is -3.79. The lowest BCUT2D eigenvalue weighted by atomic mass is 9.80. The number of hydrogen-bond donors (Lipinski definition) is 1. The fourth-order valence-corrected chi connectivity index (χ4v) is 3.40. The molecule has 22 heavy (non-hydrogen) atoms.